The van der Waals surface area contributed by atoms with Gasteiger partial charge in [0.05, 0.1) is 7.11 Å². The lowest BCUT2D eigenvalue weighted by molar-refractivity contribution is -0.123. The highest BCUT2D eigenvalue weighted by molar-refractivity contribution is 5.76. The maximum absolute atomic E-state index is 11.2. The Morgan fingerprint density at radius 2 is 1.56 bits per heavy atom. The smallest absolute Gasteiger partial charge is 0.220 e. The fourth-order valence-corrected chi connectivity index (χ4v) is 3.42. The quantitative estimate of drug-likeness (QED) is 0.778. The Hall–Kier alpha value is -2.53. The summed E-state index contributed by atoms with van der Waals surface area (Å²) < 4.78 is 11.1. The molecule has 5 nitrogen and oxygen atoms in total. The molecule has 0 aliphatic carbocycles. The third-order valence-corrected chi connectivity index (χ3v) is 5.16. The molecule has 1 aliphatic heterocycles. The van der Waals surface area contributed by atoms with Crippen LogP contribution in [0.4, 0.5) is 0 Å². The van der Waals surface area contributed by atoms with E-state index in [1.54, 1.807) is 7.11 Å². The minimum absolute atomic E-state index is 0.0421. The summed E-state index contributed by atoms with van der Waals surface area (Å²) in [7, 11) is 1.68. The molecular formula is C22H28N2O3. The number of carbonyl (C=O) groups excluding carboxylic acids is 1. The van der Waals surface area contributed by atoms with Crippen molar-refractivity contribution in [3.63, 3.8) is 0 Å². The van der Waals surface area contributed by atoms with E-state index in [9.17, 15) is 4.79 Å². The van der Waals surface area contributed by atoms with Crippen LogP contribution < -0.4 is 15.2 Å². The Labute approximate surface area is 161 Å². The van der Waals surface area contributed by atoms with Gasteiger partial charge in [-0.2, -0.15) is 0 Å². The summed E-state index contributed by atoms with van der Waals surface area (Å²) in [5, 5.41) is 0. The first kappa shape index (κ1) is 19.2. The van der Waals surface area contributed by atoms with Gasteiger partial charge in [0, 0.05) is 12.5 Å². The number of primary amides is 1. The topological polar surface area (TPSA) is 64.8 Å². The van der Waals surface area contributed by atoms with Crippen molar-refractivity contribution < 1.29 is 14.3 Å². The second-order valence-electron chi connectivity index (χ2n) is 7.04. The van der Waals surface area contributed by atoms with Gasteiger partial charge in [-0.1, -0.05) is 24.3 Å². The van der Waals surface area contributed by atoms with Crippen LogP contribution >= 0.6 is 0 Å². The van der Waals surface area contributed by atoms with Crippen molar-refractivity contribution >= 4 is 5.91 Å². The van der Waals surface area contributed by atoms with Crippen molar-refractivity contribution in [2.24, 2.45) is 11.7 Å². The molecule has 27 heavy (non-hydrogen) atoms. The third-order valence-electron chi connectivity index (χ3n) is 5.16. The standard InChI is InChI=1S/C22H28N2O3/c1-26-20-6-2-17(3-7-20)16-18-4-8-21(9-5-18)27-15-14-24-12-10-19(11-13-24)22(23)25/h2-9,19H,10-16H2,1H3,(H2,23,25). The molecule has 1 saturated heterocycles. The van der Waals surface area contributed by atoms with Crippen LogP contribution in [-0.4, -0.2) is 44.2 Å². The Kier molecular flexibility index (Phi) is 6.71. The van der Waals surface area contributed by atoms with Crippen LogP contribution in [0.15, 0.2) is 48.5 Å². The van der Waals surface area contributed by atoms with Crippen molar-refractivity contribution in [1.82, 2.24) is 4.90 Å². The predicted molar refractivity (Wildman–Crippen MR) is 106 cm³/mol. The van der Waals surface area contributed by atoms with E-state index in [1.165, 1.54) is 11.1 Å². The van der Waals surface area contributed by atoms with Crippen molar-refractivity contribution in [2.45, 2.75) is 19.3 Å². The monoisotopic (exact) mass is 368 g/mol. The second kappa shape index (κ2) is 9.42. The van der Waals surface area contributed by atoms with E-state index in [0.29, 0.717) is 6.61 Å². The summed E-state index contributed by atoms with van der Waals surface area (Å²) in [6.07, 6.45) is 2.60. The summed E-state index contributed by atoms with van der Waals surface area (Å²) >= 11 is 0. The molecule has 0 unspecified atom stereocenters. The van der Waals surface area contributed by atoms with Crippen LogP contribution in [-0.2, 0) is 11.2 Å². The van der Waals surface area contributed by atoms with Crippen LogP contribution in [0.3, 0.4) is 0 Å². The normalized spacial score (nSPS) is 15.4. The lowest BCUT2D eigenvalue weighted by atomic mass is 9.96. The molecule has 5 heteroatoms. The van der Waals surface area contributed by atoms with Gasteiger partial charge in [-0.05, 0) is 67.7 Å². The van der Waals surface area contributed by atoms with E-state index >= 15 is 0 Å². The molecule has 3 rings (SSSR count). The molecule has 1 fully saturated rings. The molecule has 2 aromatic rings. The molecule has 0 aromatic heterocycles. The summed E-state index contributed by atoms with van der Waals surface area (Å²) in [6.45, 7) is 3.35. The molecule has 0 bridgehead atoms. The van der Waals surface area contributed by atoms with Crippen LogP contribution in [0.1, 0.15) is 24.0 Å². The van der Waals surface area contributed by atoms with Gasteiger partial charge in [0.15, 0.2) is 0 Å². The number of hydrogen-bond donors (Lipinski definition) is 1. The number of ether oxygens (including phenoxy) is 2. The van der Waals surface area contributed by atoms with Gasteiger partial charge in [-0.3, -0.25) is 9.69 Å². The summed E-state index contributed by atoms with van der Waals surface area (Å²) in [5.74, 6) is 1.64. The maximum atomic E-state index is 11.2. The van der Waals surface area contributed by atoms with Gasteiger partial charge in [-0.15, -0.1) is 0 Å². The molecule has 144 valence electrons. The minimum Gasteiger partial charge on any atom is -0.497 e. The van der Waals surface area contributed by atoms with Gasteiger partial charge in [0.2, 0.25) is 5.91 Å². The average Bonchev–Trinajstić information content (AvgIpc) is 2.70. The minimum atomic E-state index is -0.166. The molecule has 1 amide bonds. The molecule has 0 spiro atoms. The first-order chi connectivity index (χ1) is 13.1. The van der Waals surface area contributed by atoms with Crippen LogP contribution in [0, 0.1) is 5.92 Å². The van der Waals surface area contributed by atoms with E-state index in [0.717, 1.165) is 50.4 Å². The molecule has 2 aromatic carbocycles. The number of amides is 1. The summed E-state index contributed by atoms with van der Waals surface area (Å²) in [5.41, 5.74) is 7.88. The number of nitrogens with zero attached hydrogens (tertiary/aromatic N) is 1. The van der Waals surface area contributed by atoms with E-state index in [1.807, 2.05) is 24.3 Å². The number of rotatable bonds is 8. The fraction of sp³-hybridized carbons (Fsp3) is 0.409. The SMILES string of the molecule is COc1ccc(Cc2ccc(OCCN3CCC(C(N)=O)CC3)cc2)cc1. The Balaban J connectivity index is 1.41. The number of carbonyl (C=O) groups is 1. The first-order valence-electron chi connectivity index (χ1n) is 9.50. The number of piperidine rings is 1. The van der Waals surface area contributed by atoms with Crippen LogP contribution in [0.25, 0.3) is 0 Å². The third kappa shape index (κ3) is 5.73. The molecule has 0 radical (unpaired) electrons. The van der Waals surface area contributed by atoms with Crippen molar-refractivity contribution in [2.75, 3.05) is 33.4 Å². The zero-order chi connectivity index (χ0) is 19.1. The predicted octanol–water partition coefficient (Wildman–Crippen LogP) is 2.86. The van der Waals surface area contributed by atoms with E-state index in [4.69, 9.17) is 15.2 Å². The number of benzene rings is 2. The number of likely N-dealkylation sites (tertiary alicyclic amines) is 1. The zero-order valence-corrected chi connectivity index (χ0v) is 15.9. The highest BCUT2D eigenvalue weighted by Gasteiger charge is 2.22. The van der Waals surface area contributed by atoms with Gasteiger partial charge >= 0.3 is 0 Å². The van der Waals surface area contributed by atoms with Crippen LogP contribution in [0.5, 0.6) is 11.5 Å². The number of nitrogens with two attached hydrogens (primary N) is 1. The Morgan fingerprint density at radius 1 is 1.00 bits per heavy atom. The van der Waals surface area contributed by atoms with Crippen molar-refractivity contribution in [3.05, 3.63) is 59.7 Å². The van der Waals surface area contributed by atoms with Gasteiger partial charge in [-0.25, -0.2) is 0 Å². The lowest BCUT2D eigenvalue weighted by Crippen LogP contribution is -2.40. The van der Waals surface area contributed by atoms with Gasteiger partial charge < -0.3 is 15.2 Å². The summed E-state index contributed by atoms with van der Waals surface area (Å²) in [6, 6.07) is 16.4. The number of methoxy groups -OCH3 is 1. The molecular weight excluding hydrogens is 340 g/mol. The van der Waals surface area contributed by atoms with E-state index < -0.39 is 0 Å². The molecule has 0 atom stereocenters. The molecule has 0 saturated carbocycles. The lowest BCUT2D eigenvalue weighted by Gasteiger charge is -2.30. The average molecular weight is 368 g/mol. The van der Waals surface area contributed by atoms with Crippen molar-refractivity contribution in [3.8, 4) is 11.5 Å². The highest BCUT2D eigenvalue weighted by Crippen LogP contribution is 2.19. The highest BCUT2D eigenvalue weighted by atomic mass is 16.5. The molecule has 1 heterocycles. The molecule has 2 N–H and O–H groups in total. The Morgan fingerprint density at radius 3 is 2.07 bits per heavy atom. The van der Waals surface area contributed by atoms with Gasteiger partial charge in [0.1, 0.15) is 18.1 Å². The zero-order valence-electron chi connectivity index (χ0n) is 15.9. The van der Waals surface area contributed by atoms with E-state index in [-0.39, 0.29) is 11.8 Å². The Bertz CT molecular complexity index is 720. The largest absolute Gasteiger partial charge is 0.497 e. The van der Waals surface area contributed by atoms with Gasteiger partial charge in [0.25, 0.3) is 0 Å². The first-order valence-corrected chi connectivity index (χ1v) is 9.50. The fourth-order valence-electron chi connectivity index (χ4n) is 3.42. The maximum Gasteiger partial charge on any atom is 0.220 e. The van der Waals surface area contributed by atoms with Crippen LogP contribution in [0.2, 0.25) is 0 Å². The molecule has 1 aliphatic rings. The van der Waals surface area contributed by atoms with E-state index in [2.05, 4.69) is 29.2 Å². The second-order valence-corrected chi connectivity index (χ2v) is 7.04. The summed E-state index contributed by atoms with van der Waals surface area (Å²) in [4.78, 5) is 13.5. The number of hydrogen-bond acceptors (Lipinski definition) is 4. The van der Waals surface area contributed by atoms with Crippen molar-refractivity contribution in [1.29, 1.82) is 0 Å².